The van der Waals surface area contributed by atoms with Gasteiger partial charge in [-0.2, -0.15) is 0 Å². The van der Waals surface area contributed by atoms with Crippen molar-refractivity contribution in [3.05, 3.63) is 114 Å². The second kappa shape index (κ2) is 12.4. The topological polar surface area (TPSA) is 104 Å². The number of hydrogen-bond donors (Lipinski definition) is 1. The van der Waals surface area contributed by atoms with Crippen molar-refractivity contribution in [2.45, 2.75) is 10.8 Å². The van der Waals surface area contributed by atoms with E-state index in [2.05, 4.69) is 4.98 Å². The number of hydrogen-bond acceptors (Lipinski definition) is 9. The Kier molecular flexibility index (Phi) is 8.36. The number of carbonyl (C=O) groups is 2. The molecule has 9 heteroatoms. The van der Waals surface area contributed by atoms with Crippen LogP contribution in [-0.2, 0) is 15.2 Å². The molecule has 1 N–H and O–H groups in total. The van der Waals surface area contributed by atoms with Crippen LogP contribution in [0.1, 0.15) is 26.4 Å². The highest BCUT2D eigenvalue weighted by atomic mass is 32.2. The number of nitrogens with zero attached hydrogens (tertiary/aromatic N) is 1. The molecule has 4 aromatic carbocycles. The number of pyridine rings is 1. The van der Waals surface area contributed by atoms with E-state index in [1.807, 2.05) is 60.7 Å². The molecule has 0 saturated heterocycles. The predicted molar refractivity (Wildman–Crippen MR) is 155 cm³/mol. The van der Waals surface area contributed by atoms with Gasteiger partial charge in [0.25, 0.3) is 0 Å². The molecule has 1 heterocycles. The monoisotopic (exact) mass is 567 g/mol. The summed E-state index contributed by atoms with van der Waals surface area (Å²) in [6.07, 6.45) is 0. The lowest BCUT2D eigenvalue weighted by Crippen LogP contribution is -2.07. The van der Waals surface area contributed by atoms with Crippen molar-refractivity contribution in [2.24, 2.45) is 0 Å². The zero-order chi connectivity index (χ0) is 28.8. The number of aromatic nitrogens is 1. The average molecular weight is 568 g/mol. The van der Waals surface area contributed by atoms with Crippen molar-refractivity contribution in [1.29, 1.82) is 0 Å². The fourth-order valence-electron chi connectivity index (χ4n) is 4.12. The molecule has 0 spiro atoms. The van der Waals surface area contributed by atoms with E-state index in [1.54, 1.807) is 36.4 Å². The molecule has 0 amide bonds. The second-order valence-electron chi connectivity index (χ2n) is 8.74. The third-order valence-corrected chi connectivity index (χ3v) is 7.14. The molecule has 0 aliphatic rings. The quantitative estimate of drug-likeness (QED) is 0.144. The van der Waals surface area contributed by atoms with Gasteiger partial charge in [0.15, 0.2) is 11.4 Å². The molecule has 0 unspecified atom stereocenters. The van der Waals surface area contributed by atoms with E-state index in [4.69, 9.17) is 18.9 Å². The van der Waals surface area contributed by atoms with E-state index in [9.17, 15) is 14.7 Å². The lowest BCUT2D eigenvalue weighted by atomic mass is 10.1. The molecule has 0 aliphatic heterocycles. The molecule has 41 heavy (non-hydrogen) atoms. The number of esters is 2. The molecule has 0 atom stereocenters. The first kappa shape index (κ1) is 27.5. The fourth-order valence-corrected chi connectivity index (χ4v) is 5.13. The third-order valence-electron chi connectivity index (χ3n) is 6.10. The molecular weight excluding hydrogens is 542 g/mol. The lowest BCUT2D eigenvalue weighted by molar-refractivity contribution is 0.0584. The number of thioether (sulfide) groups is 1. The lowest BCUT2D eigenvalue weighted by Gasteiger charge is -2.14. The number of para-hydroxylation sites is 2. The van der Waals surface area contributed by atoms with Gasteiger partial charge >= 0.3 is 11.9 Å². The zero-order valence-corrected chi connectivity index (χ0v) is 23.0. The van der Waals surface area contributed by atoms with E-state index in [0.29, 0.717) is 49.9 Å². The Labute approximate surface area is 240 Å². The molecule has 5 rings (SSSR count). The van der Waals surface area contributed by atoms with Gasteiger partial charge in [-0.05, 0) is 66.2 Å². The summed E-state index contributed by atoms with van der Waals surface area (Å²) in [5.74, 6) is 1.06. The minimum atomic E-state index is -0.774. The first-order valence-corrected chi connectivity index (χ1v) is 13.5. The first-order chi connectivity index (χ1) is 20.0. The van der Waals surface area contributed by atoms with Crippen LogP contribution in [0.15, 0.2) is 102 Å². The fraction of sp³-hybridized carbons (Fsp3) is 0.0938. The number of benzene rings is 4. The number of fused-ring (bicyclic) bond motifs is 1. The van der Waals surface area contributed by atoms with Gasteiger partial charge in [0.05, 0.1) is 19.8 Å². The van der Waals surface area contributed by atoms with E-state index in [1.165, 1.54) is 26.0 Å². The minimum absolute atomic E-state index is 0.214. The number of methoxy groups -OCH3 is 2. The number of aromatic hydroxyl groups is 1. The summed E-state index contributed by atoms with van der Waals surface area (Å²) >= 11 is 1.28. The smallest absolute Gasteiger partial charge is 0.360 e. The Morgan fingerprint density at radius 3 is 1.90 bits per heavy atom. The third kappa shape index (κ3) is 6.26. The number of ether oxygens (including phenoxy) is 4. The van der Waals surface area contributed by atoms with Gasteiger partial charge in [-0.1, -0.05) is 36.4 Å². The van der Waals surface area contributed by atoms with E-state index in [-0.39, 0.29) is 17.2 Å². The maximum absolute atomic E-state index is 12.6. The van der Waals surface area contributed by atoms with E-state index in [0.717, 1.165) is 0 Å². The first-order valence-electron chi connectivity index (χ1n) is 12.5. The Hall–Kier alpha value is -5.02. The molecule has 0 radical (unpaired) electrons. The molecular formula is C32H25NO7S. The van der Waals surface area contributed by atoms with Crippen molar-refractivity contribution < 1.29 is 33.6 Å². The maximum atomic E-state index is 12.6. The highest BCUT2D eigenvalue weighted by Gasteiger charge is 2.22. The van der Waals surface area contributed by atoms with Crippen molar-refractivity contribution in [3.63, 3.8) is 0 Å². The number of carbonyl (C=O) groups excluding carboxylic acids is 2. The van der Waals surface area contributed by atoms with Crippen LogP contribution in [0.4, 0.5) is 0 Å². The Balaban J connectivity index is 1.53. The van der Waals surface area contributed by atoms with Crippen LogP contribution in [0.5, 0.6) is 28.7 Å². The summed E-state index contributed by atoms with van der Waals surface area (Å²) in [6.45, 7) is 0. The van der Waals surface area contributed by atoms with Crippen LogP contribution in [0, 0.1) is 0 Å². The van der Waals surface area contributed by atoms with Crippen molar-refractivity contribution in [1.82, 2.24) is 4.98 Å². The molecule has 1 aromatic heterocycles. The van der Waals surface area contributed by atoms with Crippen LogP contribution < -0.4 is 9.47 Å². The van der Waals surface area contributed by atoms with Crippen molar-refractivity contribution >= 4 is 34.5 Å². The molecule has 8 nitrogen and oxygen atoms in total. The molecule has 206 valence electrons. The minimum Gasteiger partial charge on any atom is -0.505 e. The van der Waals surface area contributed by atoms with Crippen molar-refractivity contribution in [3.8, 4) is 28.7 Å². The summed E-state index contributed by atoms with van der Waals surface area (Å²) in [7, 11) is 2.54. The van der Waals surface area contributed by atoms with Gasteiger partial charge in [-0.25, -0.2) is 14.6 Å². The predicted octanol–water partition coefficient (Wildman–Crippen LogP) is 7.39. The van der Waals surface area contributed by atoms with Gasteiger partial charge in [0.1, 0.15) is 28.0 Å². The van der Waals surface area contributed by atoms with E-state index < -0.39 is 11.9 Å². The SMILES string of the molecule is COC(=O)c1ccc(Oc2ccccc2)cc1CSc1nc(C(=O)OC)c(O)c2ccc(Oc3ccccc3)cc12. The Bertz CT molecular complexity index is 1710. The van der Waals surface area contributed by atoms with Gasteiger partial charge in [-0.15, -0.1) is 11.8 Å². The molecule has 0 fully saturated rings. The van der Waals surface area contributed by atoms with Crippen LogP contribution in [0.2, 0.25) is 0 Å². The molecule has 0 saturated carbocycles. The largest absolute Gasteiger partial charge is 0.505 e. The molecule has 5 aromatic rings. The number of rotatable bonds is 9. The molecule has 0 bridgehead atoms. The van der Waals surface area contributed by atoms with E-state index >= 15 is 0 Å². The maximum Gasteiger partial charge on any atom is 0.360 e. The summed E-state index contributed by atoms with van der Waals surface area (Å²) in [6, 6.07) is 28.8. The van der Waals surface area contributed by atoms with Crippen LogP contribution >= 0.6 is 11.8 Å². The standard InChI is InChI=1S/C32H25NO7S/c1-37-31(35)25-15-13-23(39-21-9-5-3-6-10-21)17-20(25)19-41-30-27-18-24(40-22-11-7-4-8-12-22)14-16-26(27)29(34)28(33-30)32(36)38-2/h3-18,34H,19H2,1-2H3. The average Bonchev–Trinajstić information content (AvgIpc) is 3.01. The second-order valence-corrected chi connectivity index (χ2v) is 9.71. The highest BCUT2D eigenvalue weighted by molar-refractivity contribution is 7.98. The summed E-state index contributed by atoms with van der Waals surface area (Å²) in [5.41, 5.74) is 0.785. The normalized spacial score (nSPS) is 10.7. The highest BCUT2D eigenvalue weighted by Crippen LogP contribution is 2.39. The van der Waals surface area contributed by atoms with Gasteiger partial charge in [-0.3, -0.25) is 0 Å². The Morgan fingerprint density at radius 2 is 1.29 bits per heavy atom. The van der Waals surface area contributed by atoms with Gasteiger partial charge < -0.3 is 24.1 Å². The zero-order valence-electron chi connectivity index (χ0n) is 22.2. The summed E-state index contributed by atoms with van der Waals surface area (Å²) in [5, 5.41) is 12.3. The van der Waals surface area contributed by atoms with Crippen LogP contribution in [-0.4, -0.2) is 36.2 Å². The summed E-state index contributed by atoms with van der Waals surface area (Å²) in [4.78, 5) is 29.5. The van der Waals surface area contributed by atoms with Gasteiger partial charge in [0.2, 0.25) is 0 Å². The van der Waals surface area contributed by atoms with Crippen LogP contribution in [0.25, 0.3) is 10.8 Å². The van der Waals surface area contributed by atoms with Crippen LogP contribution in [0.3, 0.4) is 0 Å². The Morgan fingerprint density at radius 1 is 0.707 bits per heavy atom. The molecule has 0 aliphatic carbocycles. The van der Waals surface area contributed by atoms with Crippen molar-refractivity contribution in [2.75, 3.05) is 14.2 Å². The summed E-state index contributed by atoms with van der Waals surface area (Å²) < 4.78 is 21.8. The van der Waals surface area contributed by atoms with Gasteiger partial charge in [0, 0.05) is 16.5 Å².